The molecule has 6 rings (SSSR count). The van der Waals surface area contributed by atoms with Crippen LogP contribution in [0.2, 0.25) is 0 Å². The van der Waals surface area contributed by atoms with Crippen LogP contribution >= 0.6 is 15.9 Å². The van der Waals surface area contributed by atoms with E-state index in [9.17, 15) is 4.79 Å². The van der Waals surface area contributed by atoms with Gasteiger partial charge in [-0.3, -0.25) is 10.1 Å². The van der Waals surface area contributed by atoms with Crippen molar-refractivity contribution in [2.45, 2.75) is 69.2 Å². The van der Waals surface area contributed by atoms with E-state index in [1.54, 1.807) is 0 Å². The molecule has 4 aliphatic rings. The van der Waals surface area contributed by atoms with Crippen LogP contribution in [0.3, 0.4) is 0 Å². The second-order valence-corrected chi connectivity index (χ2v) is 11.1. The first-order valence-corrected chi connectivity index (χ1v) is 11.2. The number of halogens is 1. The number of rotatable bonds is 5. The van der Waals surface area contributed by atoms with Gasteiger partial charge in [0.15, 0.2) is 0 Å². The van der Waals surface area contributed by atoms with Crippen LogP contribution in [0.4, 0.5) is 5.95 Å². The Morgan fingerprint density at radius 3 is 2.70 bits per heavy atom. The minimum atomic E-state index is 0.140. The number of aromatic nitrogens is 2. The number of benzene rings is 1. The maximum absolute atomic E-state index is 13.1. The predicted octanol–water partition coefficient (Wildman–Crippen LogP) is 5.51. The largest absolute Gasteiger partial charge is 0.310 e. The molecule has 27 heavy (non-hydrogen) atoms. The van der Waals surface area contributed by atoms with Gasteiger partial charge in [-0.1, -0.05) is 35.0 Å². The van der Waals surface area contributed by atoms with E-state index in [2.05, 4.69) is 38.8 Å². The summed E-state index contributed by atoms with van der Waals surface area (Å²) in [4.78, 5) is 17.8. The first kappa shape index (κ1) is 17.7. The Labute approximate surface area is 169 Å². The predicted molar refractivity (Wildman–Crippen MR) is 112 cm³/mol. The van der Waals surface area contributed by atoms with Gasteiger partial charge in [0.1, 0.15) is 0 Å². The number of imidazole rings is 1. The van der Waals surface area contributed by atoms with Crippen LogP contribution in [-0.2, 0) is 11.3 Å². The molecule has 0 saturated heterocycles. The SMILES string of the molecule is CCCn1c(NC(=O)CC23CC4CC(CC(Br)(C4)C2)C3)nc2ccccc21. The molecule has 4 bridgehead atoms. The lowest BCUT2D eigenvalue weighted by Gasteiger charge is -2.60. The van der Waals surface area contributed by atoms with Gasteiger partial charge < -0.3 is 4.57 Å². The summed E-state index contributed by atoms with van der Waals surface area (Å²) in [5, 5.41) is 3.17. The quantitative estimate of drug-likeness (QED) is 0.636. The highest BCUT2D eigenvalue weighted by atomic mass is 79.9. The third-order valence-corrected chi connectivity index (χ3v) is 7.93. The molecule has 0 radical (unpaired) electrons. The number of aryl methyl sites for hydroxylation is 1. The van der Waals surface area contributed by atoms with Crippen molar-refractivity contribution < 1.29 is 4.79 Å². The highest BCUT2D eigenvalue weighted by molar-refractivity contribution is 9.10. The van der Waals surface area contributed by atoms with Crippen molar-refractivity contribution in [2.24, 2.45) is 17.3 Å². The van der Waals surface area contributed by atoms with E-state index in [1.807, 2.05) is 18.2 Å². The van der Waals surface area contributed by atoms with Gasteiger partial charge in [-0.25, -0.2) is 4.98 Å². The van der Waals surface area contributed by atoms with Crippen molar-refractivity contribution in [3.8, 4) is 0 Å². The van der Waals surface area contributed by atoms with E-state index in [-0.39, 0.29) is 11.3 Å². The summed E-state index contributed by atoms with van der Waals surface area (Å²) < 4.78 is 2.45. The Balaban J connectivity index is 1.37. The summed E-state index contributed by atoms with van der Waals surface area (Å²) in [5.41, 5.74) is 2.25. The lowest BCUT2D eigenvalue weighted by atomic mass is 9.48. The molecule has 4 nitrogen and oxygen atoms in total. The van der Waals surface area contributed by atoms with Crippen molar-refractivity contribution >= 4 is 38.8 Å². The molecule has 0 aliphatic heterocycles. The Kier molecular flexibility index (Phi) is 4.15. The van der Waals surface area contributed by atoms with Gasteiger partial charge in [0.05, 0.1) is 11.0 Å². The zero-order valence-electron chi connectivity index (χ0n) is 16.0. The summed E-state index contributed by atoms with van der Waals surface area (Å²) in [6, 6.07) is 8.14. The van der Waals surface area contributed by atoms with Gasteiger partial charge in [-0.05, 0) is 74.3 Å². The van der Waals surface area contributed by atoms with Crippen LogP contribution in [0.15, 0.2) is 24.3 Å². The lowest BCUT2D eigenvalue weighted by Crippen LogP contribution is -2.53. The molecule has 1 amide bonds. The summed E-state index contributed by atoms with van der Waals surface area (Å²) in [5.74, 6) is 2.47. The Morgan fingerprint density at radius 1 is 1.26 bits per heavy atom. The van der Waals surface area contributed by atoms with Crippen LogP contribution in [0, 0.1) is 17.3 Å². The first-order valence-electron chi connectivity index (χ1n) is 10.4. The van der Waals surface area contributed by atoms with Crippen molar-refractivity contribution in [3.63, 3.8) is 0 Å². The summed E-state index contributed by atoms with van der Waals surface area (Å²) in [6.45, 7) is 3.03. The Bertz CT molecular complexity index is 875. The van der Waals surface area contributed by atoms with Crippen LogP contribution in [0.1, 0.15) is 58.3 Å². The van der Waals surface area contributed by atoms with Crippen LogP contribution in [0.25, 0.3) is 11.0 Å². The molecule has 144 valence electrons. The number of carbonyl (C=O) groups excluding carboxylic acids is 1. The molecule has 0 spiro atoms. The number of anilines is 1. The van der Waals surface area contributed by atoms with Gasteiger partial charge in [-0.15, -0.1) is 0 Å². The highest BCUT2D eigenvalue weighted by Gasteiger charge is 2.57. The molecule has 1 N–H and O–H groups in total. The van der Waals surface area contributed by atoms with Gasteiger partial charge in [0, 0.05) is 17.3 Å². The third-order valence-electron chi connectivity index (χ3n) is 7.00. The number of para-hydroxylation sites is 2. The van der Waals surface area contributed by atoms with Gasteiger partial charge >= 0.3 is 0 Å². The fourth-order valence-electron chi connectivity index (χ4n) is 6.67. The Morgan fingerprint density at radius 2 is 2.00 bits per heavy atom. The number of fused-ring (bicyclic) bond motifs is 1. The van der Waals surface area contributed by atoms with E-state index in [0.717, 1.165) is 42.3 Å². The van der Waals surface area contributed by atoms with Crippen LogP contribution < -0.4 is 5.32 Å². The van der Waals surface area contributed by atoms with Crippen molar-refractivity contribution in [2.75, 3.05) is 5.32 Å². The zero-order chi connectivity index (χ0) is 18.6. The van der Waals surface area contributed by atoms with Crippen molar-refractivity contribution in [1.82, 2.24) is 9.55 Å². The molecule has 4 saturated carbocycles. The minimum absolute atomic E-state index is 0.140. The van der Waals surface area contributed by atoms with Crippen molar-refractivity contribution in [1.29, 1.82) is 0 Å². The fourth-order valence-corrected chi connectivity index (χ4v) is 8.18. The standard InChI is InChI=1S/C22H28BrN3O/c1-2-7-26-18-6-4-3-5-17(18)24-20(26)25-19(27)13-21-9-15-8-16(10-21)12-22(23,11-15)14-21/h3-6,15-16H,2,7-14H2,1H3,(H,24,25,27). The molecule has 2 unspecified atom stereocenters. The first-order chi connectivity index (χ1) is 13.0. The average molecular weight is 430 g/mol. The number of hydrogen-bond acceptors (Lipinski definition) is 2. The van der Waals surface area contributed by atoms with E-state index in [1.165, 1.54) is 32.1 Å². The molecule has 2 atom stereocenters. The molecule has 2 aromatic rings. The monoisotopic (exact) mass is 429 g/mol. The number of alkyl halides is 1. The number of carbonyl (C=O) groups is 1. The lowest BCUT2D eigenvalue weighted by molar-refractivity contribution is -0.123. The average Bonchev–Trinajstić information content (AvgIpc) is 2.90. The number of nitrogens with one attached hydrogen (secondary N) is 1. The topological polar surface area (TPSA) is 46.9 Å². The maximum atomic E-state index is 13.1. The van der Waals surface area contributed by atoms with E-state index in [4.69, 9.17) is 4.98 Å². The smallest absolute Gasteiger partial charge is 0.227 e. The molecule has 4 aliphatic carbocycles. The van der Waals surface area contributed by atoms with Crippen LogP contribution in [-0.4, -0.2) is 19.8 Å². The second kappa shape index (κ2) is 6.33. The second-order valence-electron chi connectivity index (χ2n) is 9.41. The fraction of sp³-hybridized carbons (Fsp3) is 0.636. The summed E-state index contributed by atoms with van der Waals surface area (Å²) in [7, 11) is 0. The number of nitrogens with zero attached hydrogens (tertiary/aromatic N) is 2. The molecule has 1 heterocycles. The molecular weight excluding hydrogens is 402 g/mol. The molecule has 1 aromatic carbocycles. The number of amides is 1. The Hall–Kier alpha value is -1.36. The molecule has 4 fully saturated rings. The molecule has 1 aromatic heterocycles. The zero-order valence-corrected chi connectivity index (χ0v) is 17.6. The van der Waals surface area contributed by atoms with Gasteiger partial charge in [-0.2, -0.15) is 0 Å². The van der Waals surface area contributed by atoms with Crippen molar-refractivity contribution in [3.05, 3.63) is 24.3 Å². The van der Waals surface area contributed by atoms with E-state index < -0.39 is 0 Å². The minimum Gasteiger partial charge on any atom is -0.310 e. The molecule has 5 heteroatoms. The number of hydrogen-bond donors (Lipinski definition) is 1. The van der Waals surface area contributed by atoms with E-state index >= 15 is 0 Å². The van der Waals surface area contributed by atoms with Gasteiger partial charge in [0.2, 0.25) is 11.9 Å². The normalized spacial score (nSPS) is 34.3. The summed E-state index contributed by atoms with van der Waals surface area (Å²) >= 11 is 4.06. The van der Waals surface area contributed by atoms with Gasteiger partial charge in [0.25, 0.3) is 0 Å². The highest BCUT2D eigenvalue weighted by Crippen LogP contribution is 2.65. The third kappa shape index (κ3) is 3.12. The molecular formula is C22H28BrN3O. The van der Waals surface area contributed by atoms with Crippen LogP contribution in [0.5, 0.6) is 0 Å². The summed E-state index contributed by atoms with van der Waals surface area (Å²) in [6.07, 6.45) is 9.27. The maximum Gasteiger partial charge on any atom is 0.227 e. The van der Waals surface area contributed by atoms with E-state index in [0.29, 0.717) is 16.7 Å².